The van der Waals surface area contributed by atoms with Crippen molar-refractivity contribution in [3.8, 4) is 11.5 Å². The van der Waals surface area contributed by atoms with Crippen LogP contribution in [0.15, 0.2) is 29.8 Å². The fraction of sp³-hybridized carbons (Fsp3) is 0.679. The van der Waals surface area contributed by atoms with E-state index in [1.54, 1.807) is 12.1 Å². The first-order valence-corrected chi connectivity index (χ1v) is 12.6. The van der Waals surface area contributed by atoms with Gasteiger partial charge >= 0.3 is 6.09 Å². The molecule has 2 saturated heterocycles. The van der Waals surface area contributed by atoms with Crippen LogP contribution in [0.2, 0.25) is 0 Å². The van der Waals surface area contributed by atoms with Gasteiger partial charge < -0.3 is 24.2 Å². The van der Waals surface area contributed by atoms with Gasteiger partial charge in [-0.15, -0.1) is 0 Å². The number of hydrogen-bond donors (Lipinski definition) is 1. The number of rotatable bonds is 3. The number of phenolic OH excluding ortho intramolecular Hbond substituents is 1. The molecule has 0 bridgehead atoms. The van der Waals surface area contributed by atoms with Crippen LogP contribution in [0.5, 0.6) is 11.5 Å². The molecule has 0 aliphatic carbocycles. The molecule has 2 fully saturated rings. The van der Waals surface area contributed by atoms with Crippen LogP contribution in [0.25, 0.3) is 0 Å². The number of likely N-dealkylation sites (tertiary alicyclic amines) is 1. The minimum atomic E-state index is -0.484. The molecule has 188 valence electrons. The molecule has 1 spiro atoms. The number of fused-ring (bicyclic) bond motifs is 3. The number of phenols is 1. The molecule has 3 heterocycles. The normalized spacial score (nSPS) is 27.9. The van der Waals surface area contributed by atoms with Gasteiger partial charge in [-0.25, -0.2) is 4.79 Å². The molecule has 34 heavy (non-hydrogen) atoms. The molecule has 1 aromatic rings. The summed E-state index contributed by atoms with van der Waals surface area (Å²) in [7, 11) is 0. The van der Waals surface area contributed by atoms with E-state index in [1.165, 1.54) is 5.57 Å². The van der Waals surface area contributed by atoms with Crippen LogP contribution in [0, 0.1) is 11.3 Å². The van der Waals surface area contributed by atoms with E-state index in [9.17, 15) is 9.90 Å². The number of piperidine rings is 1. The first kappa shape index (κ1) is 24.9. The van der Waals surface area contributed by atoms with Crippen LogP contribution in [0.1, 0.15) is 85.3 Å². The number of ether oxygens (including phenoxy) is 3. The number of carbonyl (C=O) groups is 1. The van der Waals surface area contributed by atoms with E-state index >= 15 is 0 Å². The predicted octanol–water partition coefficient (Wildman–Crippen LogP) is 6.38. The smallest absolute Gasteiger partial charge is 0.410 e. The SMILES string of the molecule is CC(C)=CCC[C@@]1(C)Oc2cc(O)ccc2[C@H]2OCC3(CCN(C(=O)OC(C)(C)C)CC3)C[C@@H]21. The molecule has 1 N–H and O–H groups in total. The zero-order valence-electron chi connectivity index (χ0n) is 21.6. The number of carbonyl (C=O) groups excluding carboxylic acids is 1. The average molecular weight is 472 g/mol. The van der Waals surface area contributed by atoms with E-state index in [2.05, 4.69) is 26.8 Å². The Labute approximate surface area is 204 Å². The zero-order valence-corrected chi connectivity index (χ0v) is 21.6. The van der Waals surface area contributed by atoms with Gasteiger partial charge in [0, 0.05) is 30.6 Å². The molecule has 1 amide bonds. The van der Waals surface area contributed by atoms with E-state index in [4.69, 9.17) is 14.2 Å². The summed E-state index contributed by atoms with van der Waals surface area (Å²) in [5.74, 6) is 1.15. The number of nitrogens with zero attached hydrogens (tertiary/aromatic N) is 1. The van der Waals surface area contributed by atoms with Gasteiger partial charge in [0.15, 0.2) is 0 Å². The molecule has 3 aliphatic heterocycles. The second-order valence-corrected chi connectivity index (χ2v) is 12.0. The molecule has 0 aromatic heterocycles. The van der Waals surface area contributed by atoms with Gasteiger partial charge in [0.1, 0.15) is 22.7 Å². The summed E-state index contributed by atoms with van der Waals surface area (Å²) in [6.45, 7) is 14.2. The second kappa shape index (κ2) is 9.10. The quantitative estimate of drug-likeness (QED) is 0.518. The Morgan fingerprint density at radius 2 is 1.97 bits per heavy atom. The van der Waals surface area contributed by atoms with Crippen molar-refractivity contribution in [1.29, 1.82) is 0 Å². The number of amides is 1. The maximum atomic E-state index is 12.6. The largest absolute Gasteiger partial charge is 0.508 e. The number of hydrogen-bond acceptors (Lipinski definition) is 5. The van der Waals surface area contributed by atoms with Crippen LogP contribution >= 0.6 is 0 Å². The molecule has 1 aromatic carbocycles. The second-order valence-electron chi connectivity index (χ2n) is 12.0. The van der Waals surface area contributed by atoms with Gasteiger partial charge in [-0.2, -0.15) is 0 Å². The van der Waals surface area contributed by atoms with Crippen LogP contribution in [-0.4, -0.2) is 47.0 Å². The highest BCUT2D eigenvalue weighted by molar-refractivity contribution is 5.68. The first-order valence-electron chi connectivity index (χ1n) is 12.6. The fourth-order valence-corrected chi connectivity index (χ4v) is 5.75. The van der Waals surface area contributed by atoms with Crippen LogP contribution in [0.3, 0.4) is 0 Å². The summed E-state index contributed by atoms with van der Waals surface area (Å²) in [6, 6.07) is 5.39. The molecule has 3 atom stereocenters. The van der Waals surface area contributed by atoms with Gasteiger partial charge in [0.2, 0.25) is 0 Å². The number of benzene rings is 1. The Kier molecular flexibility index (Phi) is 6.67. The summed E-state index contributed by atoms with van der Waals surface area (Å²) in [5.41, 5.74) is 1.49. The van der Waals surface area contributed by atoms with Crippen LogP contribution < -0.4 is 4.74 Å². The Bertz CT molecular complexity index is 937. The summed E-state index contributed by atoms with van der Waals surface area (Å²) >= 11 is 0. The van der Waals surface area contributed by atoms with Crippen molar-refractivity contribution < 1.29 is 24.1 Å². The predicted molar refractivity (Wildman–Crippen MR) is 132 cm³/mol. The topological polar surface area (TPSA) is 68.2 Å². The van der Waals surface area contributed by atoms with Crippen LogP contribution in [0.4, 0.5) is 4.79 Å². The molecule has 6 heteroatoms. The first-order chi connectivity index (χ1) is 15.9. The van der Waals surface area contributed by atoms with Gasteiger partial charge in [0.05, 0.1) is 12.7 Å². The standard InChI is InChI=1S/C28H41NO5/c1-19(2)8-7-11-27(6)22-17-28(12-14-29(15-13-28)25(31)34-26(3,4)5)18-32-24(22)21-10-9-20(30)16-23(21)33-27/h8-10,16,22,24,30H,7,11-15,17-18H2,1-6H3/t22-,24+,27+/m0/s1. The highest BCUT2D eigenvalue weighted by Gasteiger charge is 2.54. The fourth-order valence-electron chi connectivity index (χ4n) is 5.75. The van der Waals surface area contributed by atoms with Crippen molar-refractivity contribution >= 4 is 6.09 Å². The van der Waals surface area contributed by atoms with Gasteiger partial charge in [0.25, 0.3) is 0 Å². The molecule has 0 saturated carbocycles. The van der Waals surface area contributed by atoms with Crippen molar-refractivity contribution in [2.24, 2.45) is 11.3 Å². The van der Waals surface area contributed by atoms with Crippen LogP contribution in [-0.2, 0) is 9.47 Å². The lowest BCUT2D eigenvalue weighted by Crippen LogP contribution is -2.56. The molecular weight excluding hydrogens is 430 g/mol. The highest BCUT2D eigenvalue weighted by Crippen LogP contribution is 2.57. The minimum absolute atomic E-state index is 0.0369. The molecule has 0 unspecified atom stereocenters. The third-order valence-corrected chi connectivity index (χ3v) is 7.69. The minimum Gasteiger partial charge on any atom is -0.508 e. The maximum absolute atomic E-state index is 12.6. The average Bonchev–Trinajstić information content (AvgIpc) is 2.73. The molecule has 4 rings (SSSR count). The number of allylic oxidation sites excluding steroid dienone is 2. The van der Waals surface area contributed by atoms with Crippen molar-refractivity contribution in [3.63, 3.8) is 0 Å². The van der Waals surface area contributed by atoms with E-state index < -0.39 is 11.2 Å². The third kappa shape index (κ3) is 5.22. The van der Waals surface area contributed by atoms with E-state index in [0.29, 0.717) is 19.7 Å². The molecule has 6 nitrogen and oxygen atoms in total. The number of aromatic hydroxyl groups is 1. The Balaban J connectivity index is 1.53. The lowest BCUT2D eigenvalue weighted by atomic mass is 9.63. The maximum Gasteiger partial charge on any atom is 0.410 e. The highest BCUT2D eigenvalue weighted by atomic mass is 16.6. The molecular formula is C28H41NO5. The Morgan fingerprint density at radius 3 is 2.62 bits per heavy atom. The van der Waals surface area contributed by atoms with Crippen molar-refractivity contribution in [2.45, 2.75) is 91.0 Å². The van der Waals surface area contributed by atoms with Crippen molar-refractivity contribution in [2.75, 3.05) is 19.7 Å². The Morgan fingerprint density at radius 1 is 1.26 bits per heavy atom. The lowest BCUT2D eigenvalue weighted by Gasteiger charge is -2.55. The van der Waals surface area contributed by atoms with Crippen molar-refractivity contribution in [3.05, 3.63) is 35.4 Å². The van der Waals surface area contributed by atoms with E-state index in [0.717, 1.165) is 43.4 Å². The van der Waals surface area contributed by atoms with Gasteiger partial charge in [-0.05, 0) is 91.2 Å². The Hall–Kier alpha value is -2.21. The monoisotopic (exact) mass is 471 g/mol. The lowest BCUT2D eigenvalue weighted by molar-refractivity contribution is -0.179. The van der Waals surface area contributed by atoms with Gasteiger partial charge in [-0.3, -0.25) is 0 Å². The molecule has 3 aliphatic rings. The third-order valence-electron chi connectivity index (χ3n) is 7.69. The van der Waals surface area contributed by atoms with Crippen molar-refractivity contribution in [1.82, 2.24) is 4.90 Å². The summed E-state index contributed by atoms with van der Waals surface area (Å²) in [5, 5.41) is 10.1. The zero-order chi connectivity index (χ0) is 24.7. The summed E-state index contributed by atoms with van der Waals surface area (Å²) in [4.78, 5) is 14.4. The van der Waals surface area contributed by atoms with E-state index in [-0.39, 0.29) is 29.3 Å². The molecule has 0 radical (unpaired) electrons. The summed E-state index contributed by atoms with van der Waals surface area (Å²) in [6.07, 6.45) is 6.64. The van der Waals surface area contributed by atoms with Gasteiger partial charge in [-0.1, -0.05) is 11.6 Å². The summed E-state index contributed by atoms with van der Waals surface area (Å²) < 4.78 is 18.9. The van der Waals surface area contributed by atoms with E-state index in [1.807, 2.05) is 31.7 Å².